The fraction of sp³-hybridized carbons (Fsp3) is 0.308. The van der Waals surface area contributed by atoms with Crippen LogP contribution >= 0.6 is 0 Å². The summed E-state index contributed by atoms with van der Waals surface area (Å²) in [5.74, 6) is 2.31. The molecular formula is C26H30O4. The van der Waals surface area contributed by atoms with Crippen LogP contribution in [-0.4, -0.2) is 31.5 Å². The van der Waals surface area contributed by atoms with Crippen molar-refractivity contribution >= 4 is 0 Å². The van der Waals surface area contributed by atoms with Gasteiger partial charge in [-0.25, -0.2) is 0 Å². The normalized spacial score (nSPS) is 10.6. The first-order chi connectivity index (χ1) is 14.7. The summed E-state index contributed by atoms with van der Waals surface area (Å²) in [6.45, 7) is 5.44. The number of ether oxygens (including phenoxy) is 3. The van der Waals surface area contributed by atoms with Crippen LogP contribution in [0.4, 0.5) is 0 Å². The van der Waals surface area contributed by atoms with E-state index in [0.29, 0.717) is 19.0 Å². The zero-order chi connectivity index (χ0) is 21.2. The second-order valence-corrected chi connectivity index (χ2v) is 7.18. The molecule has 0 bridgehead atoms. The van der Waals surface area contributed by atoms with E-state index in [9.17, 15) is 0 Å². The van der Waals surface area contributed by atoms with Crippen molar-refractivity contribution in [2.45, 2.75) is 26.7 Å². The zero-order valence-electron chi connectivity index (χ0n) is 17.8. The van der Waals surface area contributed by atoms with Gasteiger partial charge in [-0.05, 0) is 54.3 Å². The van der Waals surface area contributed by atoms with Gasteiger partial charge in [0.05, 0.1) is 6.61 Å². The fourth-order valence-electron chi connectivity index (χ4n) is 3.24. The Kier molecular flexibility index (Phi) is 8.16. The largest absolute Gasteiger partial charge is 0.491 e. The first-order valence-electron chi connectivity index (χ1n) is 10.5. The first kappa shape index (κ1) is 21.7. The average molecular weight is 407 g/mol. The van der Waals surface area contributed by atoms with Gasteiger partial charge in [-0.15, -0.1) is 0 Å². The summed E-state index contributed by atoms with van der Waals surface area (Å²) in [6.07, 6.45) is 2.03. The third-order valence-electron chi connectivity index (χ3n) is 4.74. The molecule has 0 aromatic heterocycles. The van der Waals surface area contributed by atoms with E-state index in [0.717, 1.165) is 24.3 Å². The van der Waals surface area contributed by atoms with Crippen molar-refractivity contribution in [2.24, 2.45) is 0 Å². The van der Waals surface area contributed by atoms with Gasteiger partial charge in [0.1, 0.15) is 37.1 Å². The monoisotopic (exact) mass is 406 g/mol. The first-order valence-corrected chi connectivity index (χ1v) is 10.5. The van der Waals surface area contributed by atoms with Crippen LogP contribution in [0.3, 0.4) is 0 Å². The second-order valence-electron chi connectivity index (χ2n) is 7.18. The Labute approximate surface area is 179 Å². The number of benzene rings is 3. The summed E-state index contributed by atoms with van der Waals surface area (Å²) < 4.78 is 17.2. The van der Waals surface area contributed by atoms with Gasteiger partial charge in [0.15, 0.2) is 0 Å². The minimum absolute atomic E-state index is 0.0122. The molecule has 3 rings (SSSR count). The molecule has 0 spiro atoms. The van der Waals surface area contributed by atoms with Crippen molar-refractivity contribution in [3.8, 4) is 28.4 Å². The molecule has 0 aliphatic rings. The van der Waals surface area contributed by atoms with Crippen LogP contribution in [0.5, 0.6) is 17.2 Å². The lowest BCUT2D eigenvalue weighted by molar-refractivity contribution is 0.198. The van der Waals surface area contributed by atoms with Crippen molar-refractivity contribution in [2.75, 3.05) is 26.4 Å². The van der Waals surface area contributed by atoms with Crippen molar-refractivity contribution in [1.82, 2.24) is 0 Å². The molecule has 1 N–H and O–H groups in total. The number of aliphatic hydroxyl groups is 1. The SMILES string of the molecule is CCCc1cc(-c2ccc(C)cc2)ccc1OCCOc1cccc(OCCO)c1. The highest BCUT2D eigenvalue weighted by Crippen LogP contribution is 2.28. The van der Waals surface area contributed by atoms with Crippen LogP contribution < -0.4 is 14.2 Å². The van der Waals surface area contributed by atoms with Gasteiger partial charge in [0, 0.05) is 6.07 Å². The molecule has 0 aliphatic heterocycles. The number of hydrogen-bond donors (Lipinski definition) is 1. The lowest BCUT2D eigenvalue weighted by Gasteiger charge is -2.14. The predicted octanol–water partition coefficient (Wildman–Crippen LogP) is 5.44. The molecule has 30 heavy (non-hydrogen) atoms. The van der Waals surface area contributed by atoms with E-state index >= 15 is 0 Å². The number of rotatable bonds is 11. The van der Waals surface area contributed by atoms with Gasteiger partial charge in [-0.2, -0.15) is 0 Å². The molecule has 0 radical (unpaired) electrons. The van der Waals surface area contributed by atoms with Gasteiger partial charge in [-0.3, -0.25) is 0 Å². The lowest BCUT2D eigenvalue weighted by atomic mass is 9.99. The van der Waals surface area contributed by atoms with Crippen LogP contribution in [0.15, 0.2) is 66.7 Å². The van der Waals surface area contributed by atoms with Crippen LogP contribution in [0, 0.1) is 6.92 Å². The highest BCUT2D eigenvalue weighted by Gasteiger charge is 2.07. The Bertz CT molecular complexity index is 919. The van der Waals surface area contributed by atoms with Gasteiger partial charge < -0.3 is 19.3 Å². The standard InChI is InChI=1S/C26H30O4/c1-3-5-23-18-22(21-10-8-20(2)9-11-21)12-13-26(23)30-17-16-29-25-7-4-6-24(19-25)28-15-14-27/h4,6-13,18-19,27H,3,5,14-17H2,1-2H3. The van der Waals surface area contributed by atoms with E-state index in [1.54, 1.807) is 0 Å². The molecule has 0 saturated heterocycles. The smallest absolute Gasteiger partial charge is 0.123 e. The summed E-state index contributed by atoms with van der Waals surface area (Å²) in [4.78, 5) is 0. The molecule has 158 valence electrons. The molecule has 0 fully saturated rings. The van der Waals surface area contributed by atoms with Crippen LogP contribution in [0.1, 0.15) is 24.5 Å². The average Bonchev–Trinajstić information content (AvgIpc) is 2.77. The summed E-state index contributed by atoms with van der Waals surface area (Å²) in [5.41, 5.74) is 4.91. The lowest BCUT2D eigenvalue weighted by Crippen LogP contribution is -2.10. The second kappa shape index (κ2) is 11.3. The van der Waals surface area contributed by atoms with E-state index in [4.69, 9.17) is 19.3 Å². The Morgan fingerprint density at radius 2 is 1.40 bits per heavy atom. The molecule has 0 atom stereocenters. The Hall–Kier alpha value is -2.98. The molecule has 3 aromatic carbocycles. The molecule has 0 saturated carbocycles. The van der Waals surface area contributed by atoms with Gasteiger partial charge in [-0.1, -0.05) is 55.3 Å². The molecule has 3 aromatic rings. The van der Waals surface area contributed by atoms with Gasteiger partial charge >= 0.3 is 0 Å². The van der Waals surface area contributed by atoms with Gasteiger partial charge in [0.2, 0.25) is 0 Å². The summed E-state index contributed by atoms with van der Waals surface area (Å²) >= 11 is 0. The predicted molar refractivity (Wildman–Crippen MR) is 121 cm³/mol. The van der Waals surface area contributed by atoms with Crippen molar-refractivity contribution in [3.05, 3.63) is 77.9 Å². The highest BCUT2D eigenvalue weighted by atomic mass is 16.5. The Morgan fingerprint density at radius 3 is 2.10 bits per heavy atom. The third-order valence-corrected chi connectivity index (χ3v) is 4.74. The zero-order valence-corrected chi connectivity index (χ0v) is 17.8. The van der Waals surface area contributed by atoms with E-state index in [2.05, 4.69) is 56.3 Å². The van der Waals surface area contributed by atoms with E-state index in [1.807, 2.05) is 24.3 Å². The molecule has 4 heteroatoms. The third kappa shape index (κ3) is 6.26. The maximum Gasteiger partial charge on any atom is 0.123 e. The summed E-state index contributed by atoms with van der Waals surface area (Å²) in [6, 6.07) is 22.4. The maximum absolute atomic E-state index is 8.86. The molecule has 0 unspecified atom stereocenters. The molecule has 0 aliphatic carbocycles. The topological polar surface area (TPSA) is 47.9 Å². The Balaban J connectivity index is 1.59. The minimum Gasteiger partial charge on any atom is -0.491 e. The van der Waals surface area contributed by atoms with E-state index < -0.39 is 0 Å². The van der Waals surface area contributed by atoms with Crippen molar-refractivity contribution in [1.29, 1.82) is 0 Å². The fourth-order valence-corrected chi connectivity index (χ4v) is 3.24. The molecule has 0 heterocycles. The van der Waals surface area contributed by atoms with Crippen LogP contribution in [0.25, 0.3) is 11.1 Å². The Morgan fingerprint density at radius 1 is 0.733 bits per heavy atom. The summed E-state index contributed by atoms with van der Waals surface area (Å²) in [7, 11) is 0. The summed E-state index contributed by atoms with van der Waals surface area (Å²) in [5, 5.41) is 8.86. The van der Waals surface area contributed by atoms with E-state index in [-0.39, 0.29) is 13.2 Å². The van der Waals surface area contributed by atoms with Crippen molar-refractivity contribution < 1.29 is 19.3 Å². The van der Waals surface area contributed by atoms with Crippen molar-refractivity contribution in [3.63, 3.8) is 0 Å². The maximum atomic E-state index is 8.86. The minimum atomic E-state index is -0.0122. The van der Waals surface area contributed by atoms with Crippen LogP contribution in [-0.2, 0) is 6.42 Å². The quantitative estimate of drug-likeness (QED) is 0.431. The number of aryl methyl sites for hydroxylation is 2. The van der Waals surface area contributed by atoms with Crippen LogP contribution in [0.2, 0.25) is 0 Å². The number of hydrogen-bond acceptors (Lipinski definition) is 4. The molecule has 4 nitrogen and oxygen atoms in total. The number of aliphatic hydroxyl groups excluding tert-OH is 1. The van der Waals surface area contributed by atoms with E-state index in [1.165, 1.54) is 22.3 Å². The molecular weight excluding hydrogens is 376 g/mol. The molecule has 0 amide bonds. The van der Waals surface area contributed by atoms with Gasteiger partial charge in [0.25, 0.3) is 0 Å². The highest BCUT2D eigenvalue weighted by molar-refractivity contribution is 5.66.